The lowest BCUT2D eigenvalue weighted by molar-refractivity contribution is -0.138. The smallest absolute Gasteiger partial charge is 0.321 e. The van der Waals surface area contributed by atoms with E-state index >= 15 is 0 Å². The zero-order chi connectivity index (χ0) is 19.0. The summed E-state index contributed by atoms with van der Waals surface area (Å²) in [5.74, 6) is 0.197. The fourth-order valence-electron chi connectivity index (χ4n) is 3.99. The van der Waals surface area contributed by atoms with Crippen molar-refractivity contribution in [1.82, 2.24) is 4.90 Å². The van der Waals surface area contributed by atoms with Crippen LogP contribution in [0.2, 0.25) is 0 Å². The van der Waals surface area contributed by atoms with E-state index in [9.17, 15) is 9.59 Å². The minimum atomic E-state index is -0.285. The van der Waals surface area contributed by atoms with Crippen molar-refractivity contribution in [3.8, 4) is 0 Å². The summed E-state index contributed by atoms with van der Waals surface area (Å²) in [5.41, 5.74) is 3.86. The minimum Gasteiger partial charge on any atom is -0.324 e. The van der Waals surface area contributed by atoms with E-state index in [1.165, 1.54) is 5.56 Å². The molecule has 0 saturated carbocycles. The van der Waals surface area contributed by atoms with Crippen molar-refractivity contribution in [1.29, 1.82) is 0 Å². The molecule has 3 amide bonds. The number of hydrogen-bond acceptors (Lipinski definition) is 2. The number of likely N-dealkylation sites (tertiary alicyclic amines) is 1. The Morgan fingerprint density at radius 1 is 1.00 bits per heavy atom. The highest BCUT2D eigenvalue weighted by Crippen LogP contribution is 2.43. The molecule has 0 aromatic heterocycles. The molecule has 2 heterocycles. The van der Waals surface area contributed by atoms with Crippen molar-refractivity contribution in [2.24, 2.45) is 5.41 Å². The van der Waals surface area contributed by atoms with Crippen LogP contribution in [-0.4, -0.2) is 36.5 Å². The summed E-state index contributed by atoms with van der Waals surface area (Å²) in [5, 5.41) is 2.98. The highest BCUT2D eigenvalue weighted by Gasteiger charge is 2.53. The van der Waals surface area contributed by atoms with Crippen molar-refractivity contribution in [2.75, 3.05) is 29.9 Å². The van der Waals surface area contributed by atoms with E-state index in [1.54, 1.807) is 0 Å². The van der Waals surface area contributed by atoms with Gasteiger partial charge in [-0.05, 0) is 62.1 Å². The van der Waals surface area contributed by atoms with Crippen LogP contribution in [-0.2, 0) is 4.79 Å². The van der Waals surface area contributed by atoms with E-state index in [0.717, 1.165) is 36.3 Å². The van der Waals surface area contributed by atoms with Gasteiger partial charge in [0.1, 0.15) is 0 Å². The maximum Gasteiger partial charge on any atom is 0.321 e. The lowest BCUT2D eigenvalue weighted by Crippen LogP contribution is -2.65. The molecule has 1 spiro atoms. The van der Waals surface area contributed by atoms with Gasteiger partial charge in [0, 0.05) is 31.0 Å². The van der Waals surface area contributed by atoms with Crippen LogP contribution in [0.15, 0.2) is 48.5 Å². The molecule has 2 aromatic carbocycles. The van der Waals surface area contributed by atoms with Gasteiger partial charge in [-0.3, -0.25) is 4.79 Å². The summed E-state index contributed by atoms with van der Waals surface area (Å²) in [6, 6.07) is 15.6. The summed E-state index contributed by atoms with van der Waals surface area (Å²) >= 11 is 0. The monoisotopic (exact) mass is 363 g/mol. The van der Waals surface area contributed by atoms with Crippen molar-refractivity contribution < 1.29 is 9.59 Å². The van der Waals surface area contributed by atoms with E-state index in [2.05, 4.69) is 12.2 Å². The largest absolute Gasteiger partial charge is 0.324 e. The second-order valence-electron chi connectivity index (χ2n) is 7.72. The van der Waals surface area contributed by atoms with E-state index < -0.39 is 0 Å². The predicted molar refractivity (Wildman–Crippen MR) is 107 cm³/mol. The standard InChI is InChI=1S/C22H25N3O2/c1-16-8-9-18(14-17(16)2)23-21(27)24-12-10-22(11-13-24)15-25(20(22)26)19-6-4-3-5-7-19/h3-9,14H,10-13,15H2,1-2H3,(H,23,27). The number of nitrogens with one attached hydrogen (secondary N) is 1. The average Bonchev–Trinajstić information content (AvgIpc) is 2.69. The number of nitrogens with zero attached hydrogens (tertiary/aromatic N) is 2. The number of anilines is 2. The van der Waals surface area contributed by atoms with Gasteiger partial charge in [-0.2, -0.15) is 0 Å². The number of para-hydroxylation sites is 1. The van der Waals surface area contributed by atoms with Gasteiger partial charge in [0.25, 0.3) is 0 Å². The first-order chi connectivity index (χ1) is 13.0. The van der Waals surface area contributed by atoms with Gasteiger partial charge < -0.3 is 15.1 Å². The number of urea groups is 1. The molecule has 5 heteroatoms. The Hall–Kier alpha value is -2.82. The Balaban J connectivity index is 1.34. The third-order valence-electron chi connectivity index (χ3n) is 5.99. The second-order valence-corrected chi connectivity index (χ2v) is 7.72. The van der Waals surface area contributed by atoms with Crippen LogP contribution in [0, 0.1) is 19.3 Å². The van der Waals surface area contributed by atoms with Gasteiger partial charge >= 0.3 is 6.03 Å². The third-order valence-corrected chi connectivity index (χ3v) is 5.99. The molecular formula is C22H25N3O2. The van der Waals surface area contributed by atoms with Crippen molar-refractivity contribution >= 4 is 23.3 Å². The number of piperidine rings is 1. The van der Waals surface area contributed by atoms with Crippen LogP contribution >= 0.6 is 0 Å². The second kappa shape index (κ2) is 6.72. The van der Waals surface area contributed by atoms with Crippen LogP contribution in [0.3, 0.4) is 0 Å². The van der Waals surface area contributed by atoms with Crippen molar-refractivity contribution in [2.45, 2.75) is 26.7 Å². The molecule has 2 aliphatic rings. The van der Waals surface area contributed by atoms with Crippen LogP contribution in [0.1, 0.15) is 24.0 Å². The number of hydrogen-bond donors (Lipinski definition) is 1. The number of rotatable bonds is 2. The van der Waals surface area contributed by atoms with E-state index in [-0.39, 0.29) is 17.4 Å². The highest BCUT2D eigenvalue weighted by molar-refractivity contribution is 6.04. The average molecular weight is 363 g/mol. The topological polar surface area (TPSA) is 52.7 Å². The van der Waals surface area contributed by atoms with E-state index in [4.69, 9.17) is 0 Å². The quantitative estimate of drug-likeness (QED) is 0.821. The van der Waals surface area contributed by atoms with Gasteiger partial charge in [0.15, 0.2) is 0 Å². The first-order valence-electron chi connectivity index (χ1n) is 9.49. The molecule has 140 valence electrons. The third kappa shape index (κ3) is 3.18. The van der Waals surface area contributed by atoms with Gasteiger partial charge in [-0.25, -0.2) is 4.79 Å². The molecular weight excluding hydrogens is 338 g/mol. The molecule has 2 aromatic rings. The van der Waals surface area contributed by atoms with E-state index in [0.29, 0.717) is 13.1 Å². The van der Waals surface area contributed by atoms with Crippen LogP contribution in [0.4, 0.5) is 16.2 Å². The first-order valence-corrected chi connectivity index (χ1v) is 9.49. The molecule has 0 aliphatic carbocycles. The summed E-state index contributed by atoms with van der Waals surface area (Å²) in [7, 11) is 0. The van der Waals surface area contributed by atoms with Crippen molar-refractivity contribution in [3.05, 3.63) is 59.7 Å². The number of carbonyl (C=O) groups excluding carboxylic acids is 2. The number of aryl methyl sites for hydroxylation is 2. The van der Waals surface area contributed by atoms with Crippen LogP contribution in [0.25, 0.3) is 0 Å². The molecule has 5 nitrogen and oxygen atoms in total. The molecule has 2 fully saturated rings. The Morgan fingerprint density at radius 2 is 1.70 bits per heavy atom. The minimum absolute atomic E-state index is 0.0835. The Bertz CT molecular complexity index is 870. The number of amides is 3. The Labute approximate surface area is 160 Å². The molecule has 0 unspecified atom stereocenters. The van der Waals surface area contributed by atoms with E-state index in [1.807, 2.05) is 65.3 Å². The van der Waals surface area contributed by atoms with Gasteiger partial charge in [-0.1, -0.05) is 24.3 Å². The molecule has 1 N–H and O–H groups in total. The number of β-lactam (4-membered cyclic amide) rings is 1. The molecule has 0 atom stereocenters. The number of benzene rings is 2. The highest BCUT2D eigenvalue weighted by atomic mass is 16.2. The zero-order valence-electron chi connectivity index (χ0n) is 15.9. The Morgan fingerprint density at radius 3 is 2.33 bits per heavy atom. The lowest BCUT2D eigenvalue weighted by Gasteiger charge is -2.52. The SMILES string of the molecule is Cc1ccc(NC(=O)N2CCC3(CC2)CN(c2ccccc2)C3=O)cc1C. The van der Waals surface area contributed by atoms with Gasteiger partial charge in [0.2, 0.25) is 5.91 Å². The summed E-state index contributed by atoms with van der Waals surface area (Å²) < 4.78 is 0. The predicted octanol–water partition coefficient (Wildman–Crippen LogP) is 3.96. The lowest BCUT2D eigenvalue weighted by atomic mass is 9.71. The first kappa shape index (κ1) is 17.6. The maximum absolute atomic E-state index is 12.8. The molecule has 0 radical (unpaired) electrons. The summed E-state index contributed by atoms with van der Waals surface area (Å²) in [6.07, 6.45) is 1.46. The Kier molecular flexibility index (Phi) is 4.38. The molecule has 2 aliphatic heterocycles. The molecule has 2 saturated heterocycles. The molecule has 27 heavy (non-hydrogen) atoms. The fraction of sp³-hybridized carbons (Fsp3) is 0.364. The number of carbonyl (C=O) groups is 2. The zero-order valence-corrected chi connectivity index (χ0v) is 15.9. The van der Waals surface area contributed by atoms with Crippen LogP contribution < -0.4 is 10.2 Å². The van der Waals surface area contributed by atoms with Gasteiger partial charge in [0.05, 0.1) is 5.41 Å². The summed E-state index contributed by atoms with van der Waals surface area (Å²) in [6.45, 7) is 6.08. The fourth-order valence-corrected chi connectivity index (χ4v) is 3.99. The van der Waals surface area contributed by atoms with Crippen LogP contribution in [0.5, 0.6) is 0 Å². The summed E-state index contributed by atoms with van der Waals surface area (Å²) in [4.78, 5) is 29.0. The maximum atomic E-state index is 12.8. The molecule has 0 bridgehead atoms. The normalized spacial score (nSPS) is 18.4. The van der Waals surface area contributed by atoms with Gasteiger partial charge in [-0.15, -0.1) is 0 Å². The van der Waals surface area contributed by atoms with Crippen molar-refractivity contribution in [3.63, 3.8) is 0 Å². The molecule has 4 rings (SSSR count).